The van der Waals surface area contributed by atoms with Crippen LogP contribution >= 0.6 is 0 Å². The van der Waals surface area contributed by atoms with E-state index in [1.807, 2.05) is 30.3 Å². The zero-order valence-corrected chi connectivity index (χ0v) is 32.4. The third-order valence-corrected chi connectivity index (χ3v) is 12.1. The standard InChI is InChI=1S/C43H48N4O13/c44-35-9-4-14-42(35,25-6-2-1-3-7-25)20-27-26-18-32(51)33(59-43(58)40(55)39(54)38(53)34(21-49)60-43)19-30(26)47(37(27)41(56)57)36(52)13-11-23-10-12-31(50)24(16-23)17-29-28(8-5-15-48)45-22-46-29/h1-3,6-7,10-13,15-16,18-19,22,27,34-35,37-40,49-51,53-55,58H,4-5,8-9,14,17,20-21,44H2,(H,45,46)(H,56,57). The van der Waals surface area contributed by atoms with Gasteiger partial charge in [-0.05, 0) is 66.6 Å². The highest BCUT2D eigenvalue weighted by Gasteiger charge is 2.56. The van der Waals surface area contributed by atoms with Crippen molar-refractivity contribution >= 4 is 29.9 Å². The van der Waals surface area contributed by atoms with E-state index >= 15 is 0 Å². The van der Waals surface area contributed by atoms with Crippen molar-refractivity contribution in [3.05, 3.63) is 107 Å². The number of carbonyl (C=O) groups is 3. The number of phenols is 2. The summed E-state index contributed by atoms with van der Waals surface area (Å²) in [5, 5.41) is 85.4. The smallest absolute Gasteiger partial charge is 0.355 e. The second kappa shape index (κ2) is 17.1. The highest BCUT2D eigenvalue weighted by molar-refractivity contribution is 6.10. The first-order chi connectivity index (χ1) is 28.7. The molecule has 9 unspecified atom stereocenters. The molecule has 11 N–H and O–H groups in total. The maximum Gasteiger partial charge on any atom is 0.355 e. The topological polar surface area (TPSA) is 289 Å². The molecule has 60 heavy (non-hydrogen) atoms. The van der Waals surface area contributed by atoms with Crippen molar-refractivity contribution in [2.75, 3.05) is 11.5 Å². The number of H-pyrrole nitrogens is 1. The highest BCUT2D eigenvalue weighted by Crippen LogP contribution is 2.54. The Labute approximate surface area is 344 Å². The summed E-state index contributed by atoms with van der Waals surface area (Å²) >= 11 is 0. The number of aliphatic carboxylic acids is 1. The van der Waals surface area contributed by atoms with E-state index in [-0.39, 0.29) is 42.3 Å². The molecule has 17 nitrogen and oxygen atoms in total. The number of anilines is 1. The Hall–Kier alpha value is -5.66. The second-order valence-corrected chi connectivity index (χ2v) is 15.6. The summed E-state index contributed by atoms with van der Waals surface area (Å²) in [5.74, 6) is -7.50. The average Bonchev–Trinajstić information content (AvgIpc) is 3.93. The molecule has 0 radical (unpaired) electrons. The Bertz CT molecular complexity index is 2250. The van der Waals surface area contributed by atoms with E-state index in [9.17, 15) is 55.2 Å². The lowest BCUT2D eigenvalue weighted by Gasteiger charge is -2.44. The molecule has 4 aromatic rings. The molecule has 3 aliphatic rings. The first-order valence-corrected chi connectivity index (χ1v) is 19.6. The van der Waals surface area contributed by atoms with Gasteiger partial charge in [0, 0.05) is 53.6 Å². The third-order valence-electron chi connectivity index (χ3n) is 12.1. The first-order valence-electron chi connectivity index (χ1n) is 19.6. The van der Waals surface area contributed by atoms with E-state index in [1.54, 1.807) is 12.1 Å². The van der Waals surface area contributed by atoms with Crippen LogP contribution in [-0.2, 0) is 37.4 Å². The Morgan fingerprint density at radius 1 is 1.05 bits per heavy atom. The molecule has 1 aromatic heterocycles. The van der Waals surface area contributed by atoms with Gasteiger partial charge in [0.1, 0.15) is 36.4 Å². The number of aliphatic hydroxyl groups excluding tert-OH is 4. The van der Waals surface area contributed by atoms with Crippen molar-refractivity contribution in [2.45, 2.75) is 98.8 Å². The maximum absolute atomic E-state index is 14.5. The molecule has 1 aliphatic carbocycles. The summed E-state index contributed by atoms with van der Waals surface area (Å²) in [6, 6.07) is 14.5. The van der Waals surface area contributed by atoms with Crippen LogP contribution in [0.25, 0.3) is 6.08 Å². The van der Waals surface area contributed by atoms with Crippen molar-refractivity contribution in [3.8, 4) is 17.2 Å². The molecule has 17 heteroatoms. The lowest BCUT2D eigenvalue weighted by Crippen LogP contribution is -2.67. The third kappa shape index (κ3) is 7.88. The number of fused-ring (bicyclic) bond motifs is 1. The Balaban J connectivity index is 1.28. The number of carboxylic acid groups (broad SMARTS) is 1. The Morgan fingerprint density at radius 3 is 2.50 bits per heavy atom. The molecule has 7 rings (SSSR count). The SMILES string of the molecule is NC1CCCC1(CC1c2cc(O)c(OC3(O)OC(CO)C(O)C(O)C3O)cc2N(C(=O)C=Cc2ccc(O)c(Cc3[nH]cnc3CCC=O)c2)C1C(=O)O)c1ccccc1. The number of nitrogens with one attached hydrogen (secondary N) is 1. The number of aromatic hydroxyl groups is 2. The summed E-state index contributed by atoms with van der Waals surface area (Å²) in [6.45, 7) is -0.900. The minimum Gasteiger partial charge on any atom is -0.508 e. The van der Waals surface area contributed by atoms with Crippen LogP contribution in [0.2, 0.25) is 0 Å². The molecular weight excluding hydrogens is 780 g/mol. The number of aldehydes is 1. The van der Waals surface area contributed by atoms with E-state index in [2.05, 4.69) is 9.97 Å². The van der Waals surface area contributed by atoms with Gasteiger partial charge in [-0.15, -0.1) is 0 Å². The minimum atomic E-state index is -3.13. The van der Waals surface area contributed by atoms with Gasteiger partial charge >= 0.3 is 11.9 Å². The van der Waals surface area contributed by atoms with Crippen LogP contribution in [0.15, 0.2) is 73.1 Å². The number of aromatic amines is 1. The first kappa shape index (κ1) is 42.5. The van der Waals surface area contributed by atoms with E-state index in [4.69, 9.17) is 15.2 Å². The van der Waals surface area contributed by atoms with Crippen LogP contribution in [0, 0.1) is 0 Å². The van der Waals surface area contributed by atoms with Gasteiger partial charge in [0.05, 0.1) is 24.3 Å². The van der Waals surface area contributed by atoms with Gasteiger partial charge in [-0.2, -0.15) is 0 Å². The predicted octanol–water partition coefficient (Wildman–Crippen LogP) is 1.48. The van der Waals surface area contributed by atoms with Crippen LogP contribution in [0.4, 0.5) is 5.69 Å². The molecule has 1 saturated carbocycles. The molecule has 1 amide bonds. The normalized spacial score (nSPS) is 28.8. The predicted molar refractivity (Wildman–Crippen MR) is 213 cm³/mol. The van der Waals surface area contributed by atoms with E-state index in [0.29, 0.717) is 41.8 Å². The number of nitrogens with two attached hydrogens (primary N) is 1. The van der Waals surface area contributed by atoms with Crippen molar-refractivity contribution in [1.29, 1.82) is 0 Å². The molecule has 3 heterocycles. The van der Waals surface area contributed by atoms with Gasteiger partial charge in [0.25, 0.3) is 5.91 Å². The molecule has 2 fully saturated rings. The molecule has 0 bridgehead atoms. The molecule has 1 saturated heterocycles. The van der Waals surface area contributed by atoms with Gasteiger partial charge in [0.2, 0.25) is 0 Å². The average molecular weight is 829 g/mol. The largest absolute Gasteiger partial charge is 0.508 e. The molecular formula is C43H48N4O13. The summed E-state index contributed by atoms with van der Waals surface area (Å²) in [5.41, 5.74) is 9.56. The number of amides is 1. The second-order valence-electron chi connectivity index (χ2n) is 15.6. The van der Waals surface area contributed by atoms with Gasteiger partial charge in [0.15, 0.2) is 17.6 Å². The number of carbonyl (C=O) groups excluding carboxylic acids is 2. The Kier molecular flexibility index (Phi) is 12.1. The van der Waals surface area contributed by atoms with Crippen LogP contribution in [-0.4, -0.2) is 118 Å². The van der Waals surface area contributed by atoms with Crippen molar-refractivity contribution in [2.24, 2.45) is 5.73 Å². The van der Waals surface area contributed by atoms with Crippen LogP contribution in [0.1, 0.15) is 71.7 Å². The van der Waals surface area contributed by atoms with E-state index in [0.717, 1.165) is 35.3 Å². The van der Waals surface area contributed by atoms with Gasteiger partial charge in [-0.1, -0.05) is 42.8 Å². The quantitative estimate of drug-likeness (QED) is 0.0489. The number of nitrogens with zero attached hydrogens (tertiary/aromatic N) is 2. The highest BCUT2D eigenvalue weighted by atomic mass is 16.8. The molecule has 9 atom stereocenters. The van der Waals surface area contributed by atoms with Crippen LogP contribution < -0.4 is 15.4 Å². The van der Waals surface area contributed by atoms with Gasteiger partial charge in [-0.25, -0.2) is 9.78 Å². The van der Waals surface area contributed by atoms with Crippen molar-refractivity contribution < 1.29 is 64.7 Å². The fraction of sp³-hybridized carbons (Fsp3) is 0.395. The zero-order chi connectivity index (χ0) is 42.9. The number of aromatic nitrogens is 2. The number of phenolic OH excluding ortho intramolecular Hbond substituents is 2. The number of aliphatic hydroxyl groups is 5. The molecule has 3 aromatic carbocycles. The number of rotatable bonds is 14. The summed E-state index contributed by atoms with van der Waals surface area (Å²) < 4.78 is 10.8. The fourth-order valence-corrected chi connectivity index (χ4v) is 8.98. The van der Waals surface area contributed by atoms with Crippen LogP contribution in [0.5, 0.6) is 17.2 Å². The number of ether oxygens (including phenoxy) is 2. The lowest BCUT2D eigenvalue weighted by molar-refractivity contribution is -0.422. The number of hydrogen-bond acceptors (Lipinski definition) is 14. The molecule has 2 aliphatic heterocycles. The summed E-state index contributed by atoms with van der Waals surface area (Å²) in [7, 11) is 0. The zero-order valence-electron chi connectivity index (χ0n) is 32.4. The summed E-state index contributed by atoms with van der Waals surface area (Å²) in [4.78, 5) is 47.2. The minimum absolute atomic E-state index is 0.0219. The number of hydrogen-bond donors (Lipinski definition) is 10. The van der Waals surface area contributed by atoms with Crippen LogP contribution in [0.3, 0.4) is 0 Å². The van der Waals surface area contributed by atoms with Gasteiger partial charge in [-0.3, -0.25) is 9.69 Å². The number of aryl methyl sites for hydroxylation is 1. The lowest BCUT2D eigenvalue weighted by atomic mass is 9.68. The fourth-order valence-electron chi connectivity index (χ4n) is 8.98. The molecule has 0 spiro atoms. The molecule has 318 valence electrons. The van der Waals surface area contributed by atoms with E-state index in [1.165, 1.54) is 24.5 Å². The monoisotopic (exact) mass is 828 g/mol. The number of carboxylic acids is 1. The van der Waals surface area contributed by atoms with Crippen molar-refractivity contribution in [1.82, 2.24) is 9.97 Å². The van der Waals surface area contributed by atoms with E-state index < -0.39 is 77.7 Å². The van der Waals surface area contributed by atoms with Gasteiger partial charge < -0.3 is 65.8 Å². The summed E-state index contributed by atoms with van der Waals surface area (Å²) in [6.07, 6.45) is 0.212. The van der Waals surface area contributed by atoms with Crippen molar-refractivity contribution in [3.63, 3.8) is 0 Å². The number of imidazole rings is 1. The number of benzene rings is 3. The maximum atomic E-state index is 14.5. The Morgan fingerprint density at radius 2 is 1.82 bits per heavy atom.